The Morgan fingerprint density at radius 2 is 2.16 bits per heavy atom. The fraction of sp³-hybridized carbons (Fsp3) is 0.462. The summed E-state index contributed by atoms with van der Waals surface area (Å²) in [6.07, 6.45) is 2.41. The first-order valence-corrected chi connectivity index (χ1v) is 6.12. The van der Waals surface area contributed by atoms with E-state index in [9.17, 15) is 14.7 Å². The van der Waals surface area contributed by atoms with Gasteiger partial charge >= 0.3 is 5.97 Å². The number of aromatic nitrogens is 1. The van der Waals surface area contributed by atoms with Crippen LogP contribution >= 0.6 is 0 Å². The standard InChI is InChI=1S/C13H18N2O4/c1-3-4-9(6-12(17)18)15-13(19)10-5-8(2)14-7-11(10)16/h5,7,9,16H,3-4,6H2,1-2H3,(H,15,19)(H,17,18). The topological polar surface area (TPSA) is 99.5 Å². The quantitative estimate of drug-likeness (QED) is 0.724. The van der Waals surface area contributed by atoms with Crippen molar-refractivity contribution < 1.29 is 19.8 Å². The zero-order valence-corrected chi connectivity index (χ0v) is 11.0. The van der Waals surface area contributed by atoms with E-state index in [0.29, 0.717) is 12.1 Å². The molecule has 0 aliphatic rings. The van der Waals surface area contributed by atoms with E-state index in [1.165, 1.54) is 12.3 Å². The molecule has 1 unspecified atom stereocenters. The molecule has 6 heteroatoms. The van der Waals surface area contributed by atoms with Crippen molar-refractivity contribution in [2.45, 2.75) is 39.2 Å². The van der Waals surface area contributed by atoms with Crippen molar-refractivity contribution in [1.29, 1.82) is 0 Å². The Balaban J connectivity index is 2.81. The maximum Gasteiger partial charge on any atom is 0.305 e. The van der Waals surface area contributed by atoms with Crippen LogP contribution in [0.15, 0.2) is 12.3 Å². The normalized spacial score (nSPS) is 11.9. The van der Waals surface area contributed by atoms with Gasteiger partial charge in [0.1, 0.15) is 5.75 Å². The van der Waals surface area contributed by atoms with E-state index in [1.807, 2.05) is 6.92 Å². The lowest BCUT2D eigenvalue weighted by Gasteiger charge is -2.16. The number of carbonyl (C=O) groups excluding carboxylic acids is 1. The summed E-state index contributed by atoms with van der Waals surface area (Å²) in [5.74, 6) is -1.66. The summed E-state index contributed by atoms with van der Waals surface area (Å²) < 4.78 is 0. The minimum atomic E-state index is -0.964. The second-order valence-corrected chi connectivity index (χ2v) is 4.40. The van der Waals surface area contributed by atoms with Gasteiger partial charge in [0, 0.05) is 11.7 Å². The predicted octanol–water partition coefficient (Wildman–Crippen LogP) is 1.47. The van der Waals surface area contributed by atoms with Gasteiger partial charge in [-0.3, -0.25) is 14.6 Å². The summed E-state index contributed by atoms with van der Waals surface area (Å²) in [6.45, 7) is 3.62. The van der Waals surface area contributed by atoms with Crippen LogP contribution in [0, 0.1) is 6.92 Å². The molecule has 1 rings (SSSR count). The van der Waals surface area contributed by atoms with Gasteiger partial charge in [0.25, 0.3) is 5.91 Å². The van der Waals surface area contributed by atoms with Crippen molar-refractivity contribution in [3.05, 3.63) is 23.5 Å². The molecule has 1 aromatic rings. The smallest absolute Gasteiger partial charge is 0.305 e. The van der Waals surface area contributed by atoms with Gasteiger partial charge in [0.2, 0.25) is 0 Å². The number of hydrogen-bond donors (Lipinski definition) is 3. The van der Waals surface area contributed by atoms with Crippen LogP contribution in [0.5, 0.6) is 5.75 Å². The highest BCUT2D eigenvalue weighted by molar-refractivity contribution is 5.97. The van der Waals surface area contributed by atoms with Gasteiger partial charge in [-0.2, -0.15) is 0 Å². The third-order valence-corrected chi connectivity index (χ3v) is 2.66. The molecule has 0 saturated carbocycles. The third-order valence-electron chi connectivity index (χ3n) is 2.66. The molecule has 0 spiro atoms. The van der Waals surface area contributed by atoms with Crippen LogP contribution in [0.3, 0.4) is 0 Å². The first-order valence-electron chi connectivity index (χ1n) is 6.12. The maximum absolute atomic E-state index is 12.0. The summed E-state index contributed by atoms with van der Waals surface area (Å²) in [5, 5.41) is 21.0. The van der Waals surface area contributed by atoms with Crippen LogP contribution in [0.1, 0.15) is 42.2 Å². The Morgan fingerprint density at radius 3 is 2.74 bits per heavy atom. The minimum Gasteiger partial charge on any atom is -0.505 e. The number of aromatic hydroxyl groups is 1. The molecule has 0 aliphatic heterocycles. The molecule has 0 aromatic carbocycles. The maximum atomic E-state index is 12.0. The number of carboxylic acids is 1. The van der Waals surface area contributed by atoms with Crippen LogP contribution in [-0.4, -0.2) is 33.1 Å². The summed E-state index contributed by atoms with van der Waals surface area (Å²) >= 11 is 0. The highest BCUT2D eigenvalue weighted by atomic mass is 16.4. The first-order chi connectivity index (χ1) is 8.93. The highest BCUT2D eigenvalue weighted by Crippen LogP contribution is 2.16. The Bertz CT molecular complexity index is 474. The van der Waals surface area contributed by atoms with Gasteiger partial charge < -0.3 is 15.5 Å². The average molecular weight is 266 g/mol. The highest BCUT2D eigenvalue weighted by Gasteiger charge is 2.18. The number of amides is 1. The van der Waals surface area contributed by atoms with E-state index in [4.69, 9.17) is 5.11 Å². The number of carboxylic acid groups (broad SMARTS) is 1. The lowest BCUT2D eigenvalue weighted by atomic mass is 10.1. The second kappa shape index (κ2) is 6.72. The number of pyridine rings is 1. The van der Waals surface area contributed by atoms with Crippen molar-refractivity contribution in [3.63, 3.8) is 0 Å². The summed E-state index contributed by atoms with van der Waals surface area (Å²) in [7, 11) is 0. The Morgan fingerprint density at radius 1 is 1.47 bits per heavy atom. The molecular weight excluding hydrogens is 248 g/mol. The Kier molecular flexibility index (Phi) is 5.29. The molecule has 1 heterocycles. The molecule has 6 nitrogen and oxygen atoms in total. The fourth-order valence-corrected chi connectivity index (χ4v) is 1.78. The average Bonchev–Trinajstić information content (AvgIpc) is 2.31. The van der Waals surface area contributed by atoms with Crippen LogP contribution in [-0.2, 0) is 4.79 Å². The zero-order valence-electron chi connectivity index (χ0n) is 11.0. The van der Waals surface area contributed by atoms with Crippen LogP contribution in [0.4, 0.5) is 0 Å². The van der Waals surface area contributed by atoms with Gasteiger partial charge in [0.15, 0.2) is 0 Å². The molecule has 0 saturated heterocycles. The van der Waals surface area contributed by atoms with E-state index in [-0.39, 0.29) is 17.7 Å². The Labute approximate surface area is 111 Å². The van der Waals surface area contributed by atoms with E-state index < -0.39 is 17.9 Å². The molecule has 19 heavy (non-hydrogen) atoms. The molecule has 104 valence electrons. The molecule has 0 fully saturated rings. The fourth-order valence-electron chi connectivity index (χ4n) is 1.78. The monoisotopic (exact) mass is 266 g/mol. The van der Waals surface area contributed by atoms with Crippen molar-refractivity contribution in [2.24, 2.45) is 0 Å². The van der Waals surface area contributed by atoms with Crippen molar-refractivity contribution in [2.75, 3.05) is 0 Å². The van der Waals surface area contributed by atoms with Gasteiger partial charge in [-0.1, -0.05) is 13.3 Å². The zero-order chi connectivity index (χ0) is 14.4. The Hall–Kier alpha value is -2.11. The molecule has 1 atom stereocenters. The second-order valence-electron chi connectivity index (χ2n) is 4.40. The number of carbonyl (C=O) groups is 2. The predicted molar refractivity (Wildman–Crippen MR) is 69.1 cm³/mol. The van der Waals surface area contributed by atoms with Crippen LogP contribution in [0.2, 0.25) is 0 Å². The van der Waals surface area contributed by atoms with Gasteiger partial charge in [-0.15, -0.1) is 0 Å². The van der Waals surface area contributed by atoms with Crippen molar-refractivity contribution >= 4 is 11.9 Å². The number of rotatable bonds is 6. The summed E-state index contributed by atoms with van der Waals surface area (Å²) in [6, 6.07) is 1.02. The summed E-state index contributed by atoms with van der Waals surface area (Å²) in [4.78, 5) is 26.6. The van der Waals surface area contributed by atoms with Crippen molar-refractivity contribution in [1.82, 2.24) is 10.3 Å². The molecule has 3 N–H and O–H groups in total. The number of nitrogens with one attached hydrogen (secondary N) is 1. The largest absolute Gasteiger partial charge is 0.505 e. The molecule has 1 amide bonds. The molecule has 0 radical (unpaired) electrons. The van der Waals surface area contributed by atoms with Crippen LogP contribution in [0.25, 0.3) is 0 Å². The number of aliphatic carboxylic acids is 1. The SMILES string of the molecule is CCCC(CC(=O)O)NC(=O)c1cc(C)ncc1O. The van der Waals surface area contributed by atoms with Gasteiger partial charge in [0.05, 0.1) is 18.2 Å². The van der Waals surface area contributed by atoms with Crippen molar-refractivity contribution in [3.8, 4) is 5.75 Å². The minimum absolute atomic E-state index is 0.110. The first kappa shape index (κ1) is 14.9. The third kappa shape index (κ3) is 4.57. The van der Waals surface area contributed by atoms with E-state index >= 15 is 0 Å². The lowest BCUT2D eigenvalue weighted by Crippen LogP contribution is -2.36. The molecule has 1 aromatic heterocycles. The number of hydrogen-bond acceptors (Lipinski definition) is 4. The molecule has 0 aliphatic carbocycles. The lowest BCUT2D eigenvalue weighted by molar-refractivity contribution is -0.137. The van der Waals surface area contributed by atoms with Gasteiger partial charge in [-0.25, -0.2) is 0 Å². The van der Waals surface area contributed by atoms with Crippen LogP contribution < -0.4 is 5.32 Å². The van der Waals surface area contributed by atoms with E-state index in [2.05, 4.69) is 10.3 Å². The molecular formula is C13H18N2O4. The summed E-state index contributed by atoms with van der Waals surface area (Å²) in [5.41, 5.74) is 0.715. The van der Waals surface area contributed by atoms with Gasteiger partial charge in [-0.05, 0) is 19.4 Å². The molecule has 0 bridgehead atoms. The van der Waals surface area contributed by atoms with E-state index in [1.54, 1.807) is 6.92 Å². The number of nitrogens with zero attached hydrogens (tertiary/aromatic N) is 1. The van der Waals surface area contributed by atoms with E-state index in [0.717, 1.165) is 6.42 Å². The number of aryl methyl sites for hydroxylation is 1.